The fourth-order valence-electron chi connectivity index (χ4n) is 1.27. The van der Waals surface area contributed by atoms with Crippen LogP contribution in [0.4, 0.5) is 0 Å². The van der Waals surface area contributed by atoms with Gasteiger partial charge in [-0.05, 0) is 35.9 Å². The molecule has 1 nitrogen and oxygen atoms in total. The first-order valence-corrected chi connectivity index (χ1v) is 6.24. The van der Waals surface area contributed by atoms with E-state index in [1.165, 1.54) is 12.0 Å². The van der Waals surface area contributed by atoms with Crippen molar-refractivity contribution < 1.29 is 0 Å². The van der Waals surface area contributed by atoms with E-state index in [2.05, 4.69) is 26.8 Å². The molecule has 0 aromatic heterocycles. The van der Waals surface area contributed by atoms with Crippen LogP contribution in [-0.4, -0.2) is 0 Å². The number of aryl methyl sites for hydroxylation is 1. The third-order valence-electron chi connectivity index (χ3n) is 1.88. The molecule has 90 valence electrons. The SMILES string of the molecule is CCC.CCCc1cc(/C=C/N)ccc1Cl. The highest BCUT2D eigenvalue weighted by Crippen LogP contribution is 2.19. The Hall–Kier alpha value is -0.950. The van der Waals surface area contributed by atoms with Gasteiger partial charge in [-0.25, -0.2) is 0 Å². The molecule has 1 aromatic rings. The largest absolute Gasteiger partial charge is 0.405 e. The maximum Gasteiger partial charge on any atom is 0.0438 e. The Morgan fingerprint density at radius 2 is 1.88 bits per heavy atom. The van der Waals surface area contributed by atoms with E-state index in [1.54, 1.807) is 6.20 Å². The lowest BCUT2D eigenvalue weighted by molar-refractivity contribution is 0.922. The van der Waals surface area contributed by atoms with E-state index in [0.717, 1.165) is 23.4 Å². The summed E-state index contributed by atoms with van der Waals surface area (Å²) in [5.74, 6) is 0. The van der Waals surface area contributed by atoms with Gasteiger partial charge in [-0.3, -0.25) is 0 Å². The fraction of sp³-hybridized carbons (Fsp3) is 0.429. The molecular formula is C14H22ClN. The molecule has 0 fully saturated rings. The minimum absolute atomic E-state index is 0.844. The average Bonchev–Trinajstić information content (AvgIpc) is 2.25. The lowest BCUT2D eigenvalue weighted by Crippen LogP contribution is -1.86. The van der Waals surface area contributed by atoms with Crippen molar-refractivity contribution in [3.05, 3.63) is 40.5 Å². The Labute approximate surface area is 104 Å². The van der Waals surface area contributed by atoms with Gasteiger partial charge in [-0.2, -0.15) is 0 Å². The molecule has 0 saturated carbocycles. The molecule has 0 bridgehead atoms. The number of halogens is 1. The van der Waals surface area contributed by atoms with E-state index in [4.69, 9.17) is 17.3 Å². The molecule has 0 unspecified atom stereocenters. The second kappa shape index (κ2) is 9.29. The van der Waals surface area contributed by atoms with Gasteiger partial charge >= 0.3 is 0 Å². The molecule has 16 heavy (non-hydrogen) atoms. The topological polar surface area (TPSA) is 26.0 Å². The summed E-state index contributed by atoms with van der Waals surface area (Å²) in [7, 11) is 0. The van der Waals surface area contributed by atoms with E-state index in [1.807, 2.05) is 18.2 Å². The number of benzene rings is 1. The molecule has 0 amide bonds. The van der Waals surface area contributed by atoms with Gasteiger partial charge in [0.05, 0.1) is 0 Å². The zero-order valence-corrected chi connectivity index (χ0v) is 11.2. The van der Waals surface area contributed by atoms with Gasteiger partial charge in [0, 0.05) is 5.02 Å². The van der Waals surface area contributed by atoms with Crippen molar-refractivity contribution in [1.82, 2.24) is 0 Å². The molecule has 0 atom stereocenters. The van der Waals surface area contributed by atoms with Crippen molar-refractivity contribution in [3.63, 3.8) is 0 Å². The van der Waals surface area contributed by atoms with Crippen molar-refractivity contribution in [2.24, 2.45) is 5.73 Å². The summed E-state index contributed by atoms with van der Waals surface area (Å²) in [6, 6.07) is 5.96. The highest BCUT2D eigenvalue weighted by molar-refractivity contribution is 6.31. The molecule has 0 spiro atoms. The number of nitrogens with two attached hydrogens (primary N) is 1. The molecular weight excluding hydrogens is 218 g/mol. The monoisotopic (exact) mass is 239 g/mol. The van der Waals surface area contributed by atoms with Gasteiger partial charge in [0.25, 0.3) is 0 Å². The zero-order valence-electron chi connectivity index (χ0n) is 10.5. The van der Waals surface area contributed by atoms with Crippen LogP contribution in [0.15, 0.2) is 24.4 Å². The molecule has 0 saturated heterocycles. The third-order valence-corrected chi connectivity index (χ3v) is 2.25. The van der Waals surface area contributed by atoms with Gasteiger partial charge in [0.15, 0.2) is 0 Å². The quantitative estimate of drug-likeness (QED) is 0.817. The summed E-state index contributed by atoms with van der Waals surface area (Å²) >= 11 is 6.02. The lowest BCUT2D eigenvalue weighted by atomic mass is 10.1. The van der Waals surface area contributed by atoms with Crippen LogP contribution in [0, 0.1) is 0 Å². The van der Waals surface area contributed by atoms with Gasteiger partial charge < -0.3 is 5.73 Å². The number of rotatable bonds is 3. The summed E-state index contributed by atoms with van der Waals surface area (Å²) in [5, 5.41) is 0.844. The number of hydrogen-bond donors (Lipinski definition) is 1. The van der Waals surface area contributed by atoms with Gasteiger partial charge in [0.1, 0.15) is 0 Å². The minimum Gasteiger partial charge on any atom is -0.405 e. The Morgan fingerprint density at radius 3 is 2.38 bits per heavy atom. The Kier molecular flexibility index (Phi) is 8.74. The van der Waals surface area contributed by atoms with Crippen LogP contribution in [-0.2, 0) is 6.42 Å². The summed E-state index contributed by atoms with van der Waals surface area (Å²) in [4.78, 5) is 0. The van der Waals surface area contributed by atoms with Crippen LogP contribution < -0.4 is 5.73 Å². The standard InChI is InChI=1S/C11H14ClN.C3H8/c1-2-3-10-8-9(6-7-13)4-5-11(10)12;1-3-2/h4-8H,2-3,13H2,1H3;3H2,1-2H3/b7-6+;. The molecule has 0 aliphatic carbocycles. The highest BCUT2D eigenvalue weighted by atomic mass is 35.5. The molecule has 0 aliphatic rings. The maximum atomic E-state index is 6.02. The van der Waals surface area contributed by atoms with E-state index in [9.17, 15) is 0 Å². The molecule has 0 aliphatic heterocycles. The van der Waals surface area contributed by atoms with Crippen LogP contribution >= 0.6 is 11.6 Å². The first kappa shape index (κ1) is 15.0. The van der Waals surface area contributed by atoms with Gasteiger partial charge in [0.2, 0.25) is 0 Å². The van der Waals surface area contributed by atoms with E-state index >= 15 is 0 Å². The van der Waals surface area contributed by atoms with Crippen molar-refractivity contribution in [2.45, 2.75) is 40.0 Å². The molecule has 1 aromatic carbocycles. The molecule has 0 radical (unpaired) electrons. The van der Waals surface area contributed by atoms with Crippen LogP contribution in [0.3, 0.4) is 0 Å². The highest BCUT2D eigenvalue weighted by Gasteiger charge is 1.98. The number of hydrogen-bond acceptors (Lipinski definition) is 1. The Bertz CT molecular complexity index is 319. The predicted molar refractivity (Wildman–Crippen MR) is 74.6 cm³/mol. The average molecular weight is 240 g/mol. The molecule has 0 heterocycles. The van der Waals surface area contributed by atoms with Gasteiger partial charge in [-0.1, -0.05) is 57.3 Å². The van der Waals surface area contributed by atoms with Crippen LogP contribution in [0.2, 0.25) is 5.02 Å². The van der Waals surface area contributed by atoms with E-state index < -0.39 is 0 Å². The van der Waals surface area contributed by atoms with E-state index in [-0.39, 0.29) is 0 Å². The second-order valence-corrected chi connectivity index (χ2v) is 4.07. The maximum absolute atomic E-state index is 6.02. The summed E-state index contributed by atoms with van der Waals surface area (Å²) < 4.78 is 0. The van der Waals surface area contributed by atoms with Crippen molar-refractivity contribution >= 4 is 17.7 Å². The Balaban J connectivity index is 0.000000673. The Morgan fingerprint density at radius 1 is 1.25 bits per heavy atom. The summed E-state index contributed by atoms with van der Waals surface area (Å²) in [5.41, 5.74) is 7.61. The first-order chi connectivity index (χ1) is 7.69. The molecule has 1 rings (SSSR count). The van der Waals surface area contributed by atoms with Crippen molar-refractivity contribution in [1.29, 1.82) is 0 Å². The normalized spacial score (nSPS) is 10.0. The zero-order chi connectivity index (χ0) is 12.4. The lowest BCUT2D eigenvalue weighted by Gasteiger charge is -2.03. The predicted octanol–water partition coefficient (Wildman–Crippen LogP) is 4.64. The third kappa shape index (κ3) is 5.82. The molecule has 2 N–H and O–H groups in total. The minimum atomic E-state index is 0.844. The van der Waals surface area contributed by atoms with Crippen molar-refractivity contribution in [2.75, 3.05) is 0 Å². The van der Waals surface area contributed by atoms with Crippen molar-refractivity contribution in [3.8, 4) is 0 Å². The summed E-state index contributed by atoms with van der Waals surface area (Å²) in [6.07, 6.45) is 6.79. The first-order valence-electron chi connectivity index (χ1n) is 5.86. The van der Waals surface area contributed by atoms with Crippen LogP contribution in [0.25, 0.3) is 6.08 Å². The smallest absolute Gasteiger partial charge is 0.0438 e. The van der Waals surface area contributed by atoms with Crippen LogP contribution in [0.1, 0.15) is 44.7 Å². The van der Waals surface area contributed by atoms with Gasteiger partial charge in [-0.15, -0.1) is 0 Å². The summed E-state index contributed by atoms with van der Waals surface area (Å²) in [6.45, 7) is 6.39. The fourth-order valence-corrected chi connectivity index (χ4v) is 1.48. The van der Waals surface area contributed by atoms with E-state index in [0.29, 0.717) is 0 Å². The second-order valence-electron chi connectivity index (χ2n) is 3.67. The van der Waals surface area contributed by atoms with Crippen LogP contribution in [0.5, 0.6) is 0 Å². The molecule has 2 heteroatoms.